The van der Waals surface area contributed by atoms with E-state index in [0.717, 1.165) is 0 Å². The molecule has 2 heterocycles. The summed E-state index contributed by atoms with van der Waals surface area (Å²) in [5.74, 6) is 0. The summed E-state index contributed by atoms with van der Waals surface area (Å²) in [4.78, 5) is 0. The third kappa shape index (κ3) is 4.60. The van der Waals surface area contributed by atoms with Crippen molar-refractivity contribution in [1.82, 2.24) is 0 Å². The maximum Gasteiger partial charge on any atom is 0.00274 e. The number of rotatable bonds is 3. The average molecular weight is 733 g/mol. The van der Waals surface area contributed by atoms with E-state index in [1.54, 1.807) is 0 Å². The Kier molecular flexibility index (Phi) is 6.76. The Morgan fingerprint density at radius 1 is 0.345 bits per heavy atom. The maximum atomic E-state index is 2.52. The second-order valence-electron chi connectivity index (χ2n) is 15.0. The van der Waals surface area contributed by atoms with Gasteiger partial charge in [0.05, 0.1) is 0 Å². The molecule has 0 saturated heterocycles. The normalized spacial score (nSPS) is 12.6. The minimum absolute atomic E-state index is 0.406. The molecule has 0 aliphatic rings. The Hall–Kier alpha value is -6.16. The topological polar surface area (TPSA) is 0 Å². The molecule has 2 atom stereocenters. The van der Waals surface area contributed by atoms with E-state index in [1.165, 1.54) is 118 Å². The first-order valence-corrected chi connectivity index (χ1v) is 21.9. The Morgan fingerprint density at radius 2 is 0.891 bits per heavy atom. The van der Waals surface area contributed by atoms with Crippen LogP contribution < -0.4 is 0 Å². The molecule has 0 fully saturated rings. The lowest BCUT2D eigenvalue weighted by Gasteiger charge is -2.18. The first-order valence-electron chi connectivity index (χ1n) is 19.1. The van der Waals surface area contributed by atoms with Gasteiger partial charge in [-0.1, -0.05) is 158 Å². The highest BCUT2D eigenvalue weighted by Crippen LogP contribution is 2.52. The minimum atomic E-state index is -0.406. The number of fused-ring (bicyclic) bond motifs is 10. The van der Waals surface area contributed by atoms with Gasteiger partial charge >= 0.3 is 0 Å². The molecule has 0 bridgehead atoms. The van der Waals surface area contributed by atoms with Gasteiger partial charge in [0.15, 0.2) is 0 Å². The summed E-state index contributed by atoms with van der Waals surface area (Å²) in [6.07, 6.45) is 0. The fraction of sp³-hybridized carbons (Fsp3) is 0.0189. The van der Waals surface area contributed by atoms with Gasteiger partial charge in [-0.2, -0.15) is 0 Å². The van der Waals surface area contributed by atoms with Crippen molar-refractivity contribution in [2.24, 2.45) is 6.66 Å². The molecular formula is C53H34P2. The van der Waals surface area contributed by atoms with Gasteiger partial charge in [0, 0.05) is 26.1 Å². The predicted octanol–water partition coefficient (Wildman–Crippen LogP) is 16.5. The van der Waals surface area contributed by atoms with Crippen molar-refractivity contribution in [3.05, 3.63) is 182 Å². The largest absolute Gasteiger partial charge is 0.123 e. The molecule has 0 amide bonds. The predicted molar refractivity (Wildman–Crippen MR) is 246 cm³/mol. The smallest absolute Gasteiger partial charge is 0.00274 e. The number of hydrogen-bond acceptors (Lipinski definition) is 0. The van der Waals surface area contributed by atoms with E-state index < -0.39 is 7.53 Å². The first-order chi connectivity index (χ1) is 27.2. The molecule has 0 aliphatic heterocycles. The van der Waals surface area contributed by atoms with Crippen molar-refractivity contribution in [1.29, 1.82) is 0 Å². The van der Waals surface area contributed by atoms with Gasteiger partial charge < -0.3 is 0 Å². The van der Waals surface area contributed by atoms with Crippen LogP contribution in [0.15, 0.2) is 182 Å². The maximum absolute atomic E-state index is 2.52. The van der Waals surface area contributed by atoms with Crippen molar-refractivity contribution >= 4 is 101 Å². The third-order valence-corrected chi connectivity index (χ3v) is 15.7. The zero-order valence-corrected chi connectivity index (χ0v) is 32.2. The summed E-state index contributed by atoms with van der Waals surface area (Å²) in [7, 11) is 0.273. The summed E-state index contributed by atoms with van der Waals surface area (Å²) in [6, 6.07) is 69.0. The highest BCUT2D eigenvalue weighted by molar-refractivity contribution is 7.59. The molecular weight excluding hydrogens is 699 g/mol. The fourth-order valence-electron chi connectivity index (χ4n) is 9.60. The van der Waals surface area contributed by atoms with Gasteiger partial charge in [-0.3, -0.25) is 0 Å². The lowest BCUT2D eigenvalue weighted by molar-refractivity contribution is 1.68. The Balaban J connectivity index is 1.23. The van der Waals surface area contributed by atoms with E-state index in [1.807, 2.05) is 0 Å². The van der Waals surface area contributed by atoms with Gasteiger partial charge in [-0.05, 0) is 123 Å². The van der Waals surface area contributed by atoms with Crippen LogP contribution in [0.5, 0.6) is 0 Å². The summed E-state index contributed by atoms with van der Waals surface area (Å²) in [5, 5.41) is 21.7. The molecule has 0 radical (unpaired) electrons. The molecule has 256 valence electrons. The van der Waals surface area contributed by atoms with Gasteiger partial charge in [0.2, 0.25) is 0 Å². The molecule has 0 spiro atoms. The molecule has 2 unspecified atom stereocenters. The van der Waals surface area contributed by atoms with Crippen molar-refractivity contribution in [3.63, 3.8) is 0 Å². The van der Waals surface area contributed by atoms with Crippen molar-refractivity contribution in [2.75, 3.05) is 0 Å². The van der Waals surface area contributed by atoms with Gasteiger partial charge in [0.1, 0.15) is 0 Å². The molecule has 0 nitrogen and oxygen atoms in total. The van der Waals surface area contributed by atoms with Crippen LogP contribution in [0.1, 0.15) is 0 Å². The molecule has 0 N–H and O–H groups in total. The molecule has 2 aromatic heterocycles. The highest BCUT2D eigenvalue weighted by Gasteiger charge is 2.20. The summed E-state index contributed by atoms with van der Waals surface area (Å²) < 4.78 is 0. The highest BCUT2D eigenvalue weighted by atomic mass is 31.1. The van der Waals surface area contributed by atoms with E-state index >= 15 is 0 Å². The fourth-order valence-corrected chi connectivity index (χ4v) is 13.0. The van der Waals surface area contributed by atoms with Crippen LogP contribution in [-0.4, -0.2) is 0 Å². The molecule has 12 rings (SSSR count). The quantitative estimate of drug-likeness (QED) is 0.159. The van der Waals surface area contributed by atoms with Crippen LogP contribution in [0.25, 0.3) is 118 Å². The molecule has 2 heteroatoms. The minimum Gasteiger partial charge on any atom is -0.123 e. The van der Waals surface area contributed by atoms with E-state index in [4.69, 9.17) is 0 Å². The molecule has 0 saturated carbocycles. The third-order valence-electron chi connectivity index (χ3n) is 12.1. The lowest BCUT2D eigenvalue weighted by atomic mass is 9.85. The van der Waals surface area contributed by atoms with E-state index in [0.29, 0.717) is 8.19 Å². The van der Waals surface area contributed by atoms with Crippen LogP contribution in [0, 0.1) is 0 Å². The van der Waals surface area contributed by atoms with Crippen LogP contribution in [-0.2, 0) is 6.66 Å². The van der Waals surface area contributed by atoms with E-state index in [2.05, 4.69) is 189 Å². The number of aryl methyl sites for hydroxylation is 1. The van der Waals surface area contributed by atoms with Crippen LogP contribution in [0.2, 0.25) is 0 Å². The molecule has 55 heavy (non-hydrogen) atoms. The summed E-state index contributed by atoms with van der Waals surface area (Å²) in [5.41, 5.74) is 7.78. The number of hydrogen-bond donors (Lipinski definition) is 0. The Labute approximate surface area is 321 Å². The second kappa shape index (κ2) is 11.9. The summed E-state index contributed by atoms with van der Waals surface area (Å²) >= 11 is 0. The Bertz CT molecular complexity index is 3560. The van der Waals surface area contributed by atoms with Gasteiger partial charge in [0.25, 0.3) is 0 Å². The van der Waals surface area contributed by atoms with E-state index in [-0.39, 0.29) is 0 Å². The zero-order chi connectivity index (χ0) is 36.2. The Morgan fingerprint density at radius 3 is 1.67 bits per heavy atom. The van der Waals surface area contributed by atoms with E-state index in [9.17, 15) is 0 Å². The first kappa shape index (κ1) is 31.2. The standard InChI is InChI=1S/C53H34P2/c1-55-49-24-7-5-15-44(49)53-40(21-11-25-50(53)55)38-17-9-19-42-46(38)31-45-37(39-20-10-23-48-52(39)43-14-4-6-22-47(43)54-48)16-8-18-41(45)51(42)35-27-26-34-28-32-12-2-3-13-33(32)29-36(34)30-35/h2-31,54H,1H3. The SMILES string of the molecule is Cp1c2ccccc2c2c(-c3cccc4c(-c5ccc6cc7ccccc7cc6c5)c5cccc(-c6cccc7[pH]c8ccccc8c67)c5cc34)cccc21. The molecule has 12 aromatic rings. The average Bonchev–Trinajstić information content (AvgIpc) is 3.76. The van der Waals surface area contributed by atoms with Gasteiger partial charge in [-0.25, -0.2) is 0 Å². The van der Waals surface area contributed by atoms with Crippen molar-refractivity contribution < 1.29 is 0 Å². The lowest BCUT2D eigenvalue weighted by Crippen LogP contribution is -1.91. The molecule has 10 aromatic carbocycles. The zero-order valence-electron chi connectivity index (χ0n) is 30.3. The van der Waals surface area contributed by atoms with Crippen LogP contribution in [0.3, 0.4) is 0 Å². The van der Waals surface area contributed by atoms with Crippen molar-refractivity contribution in [3.8, 4) is 33.4 Å². The van der Waals surface area contributed by atoms with Gasteiger partial charge in [-0.15, -0.1) is 15.7 Å². The second-order valence-corrected chi connectivity index (χ2v) is 18.4. The van der Waals surface area contributed by atoms with Crippen LogP contribution in [0.4, 0.5) is 0 Å². The van der Waals surface area contributed by atoms with Crippen molar-refractivity contribution in [2.45, 2.75) is 0 Å². The monoisotopic (exact) mass is 732 g/mol. The number of benzene rings is 10. The summed E-state index contributed by atoms with van der Waals surface area (Å²) in [6.45, 7) is 2.42. The molecule has 0 aliphatic carbocycles. The van der Waals surface area contributed by atoms with Crippen LogP contribution >= 0.6 is 15.7 Å².